The maximum Gasteiger partial charge on any atom is 0.164 e. The molecule has 0 N–H and O–H groups in total. The van der Waals surface area contributed by atoms with Crippen LogP contribution in [0.2, 0.25) is 0 Å². The molecule has 0 amide bonds. The van der Waals surface area contributed by atoms with E-state index < -0.39 is 5.82 Å². The number of ether oxygens (including phenoxy) is 1. The Morgan fingerprint density at radius 3 is 2.81 bits per heavy atom. The van der Waals surface area contributed by atoms with E-state index in [0.29, 0.717) is 43.4 Å². The molecule has 1 saturated heterocycles. The number of terminal acetylenes is 1. The first-order valence-corrected chi connectivity index (χ1v) is 8.45. The van der Waals surface area contributed by atoms with Crippen LogP contribution in [0.4, 0.5) is 4.39 Å². The van der Waals surface area contributed by atoms with Gasteiger partial charge in [0.15, 0.2) is 5.78 Å². The molecule has 0 saturated carbocycles. The number of hydrogen-bond acceptors (Lipinski definition) is 5. The maximum absolute atomic E-state index is 13.4. The second-order valence-electron chi connectivity index (χ2n) is 6.27. The van der Waals surface area contributed by atoms with Crippen molar-refractivity contribution in [3.63, 3.8) is 0 Å². The summed E-state index contributed by atoms with van der Waals surface area (Å²) in [6.07, 6.45) is 7.14. The Hall–Kier alpha value is -2.78. The molecule has 5 nitrogen and oxygen atoms in total. The molecular formula is C20H19FN2O3. The Balaban J connectivity index is 1.66. The van der Waals surface area contributed by atoms with Gasteiger partial charge >= 0.3 is 0 Å². The smallest absolute Gasteiger partial charge is 0.164 e. The van der Waals surface area contributed by atoms with Gasteiger partial charge in [0.1, 0.15) is 17.4 Å². The summed E-state index contributed by atoms with van der Waals surface area (Å²) in [4.78, 5) is 30.9. The number of aliphatic imine (C=N–C) groups is 1. The number of nitrogens with zero attached hydrogens (tertiary/aromatic N) is 2. The van der Waals surface area contributed by atoms with Gasteiger partial charge in [-0.2, -0.15) is 0 Å². The van der Waals surface area contributed by atoms with E-state index in [1.165, 1.54) is 18.2 Å². The molecule has 0 radical (unpaired) electrons. The Bertz CT molecular complexity index is 830. The Morgan fingerprint density at radius 1 is 1.31 bits per heavy atom. The lowest BCUT2D eigenvalue weighted by Gasteiger charge is -2.30. The number of carbonyl (C=O) groups is 2. The first kappa shape index (κ1) is 18.0. The van der Waals surface area contributed by atoms with Gasteiger partial charge in [-0.25, -0.2) is 9.38 Å². The van der Waals surface area contributed by atoms with E-state index in [-0.39, 0.29) is 36.4 Å². The zero-order valence-corrected chi connectivity index (χ0v) is 14.3. The third-order valence-electron chi connectivity index (χ3n) is 4.26. The average Bonchev–Trinajstić information content (AvgIpc) is 2.63. The minimum absolute atomic E-state index is 0.0549. The van der Waals surface area contributed by atoms with Crippen molar-refractivity contribution in [1.82, 2.24) is 4.90 Å². The fourth-order valence-electron chi connectivity index (χ4n) is 3.00. The van der Waals surface area contributed by atoms with Crippen LogP contribution in [-0.2, 0) is 20.7 Å². The second kappa shape index (κ2) is 8.07. The van der Waals surface area contributed by atoms with Crippen molar-refractivity contribution in [2.75, 3.05) is 26.3 Å². The molecule has 1 aromatic carbocycles. The number of halogens is 1. The van der Waals surface area contributed by atoms with Crippen molar-refractivity contribution >= 4 is 17.3 Å². The quantitative estimate of drug-likeness (QED) is 0.758. The average molecular weight is 354 g/mol. The largest absolute Gasteiger partial charge is 0.378 e. The van der Waals surface area contributed by atoms with Gasteiger partial charge in [-0.15, -0.1) is 6.42 Å². The third kappa shape index (κ3) is 4.44. The molecule has 0 unspecified atom stereocenters. The summed E-state index contributed by atoms with van der Waals surface area (Å²) in [6, 6.07) is 4.31. The van der Waals surface area contributed by atoms with Crippen LogP contribution in [0.1, 0.15) is 24.0 Å². The molecule has 0 bridgehead atoms. The van der Waals surface area contributed by atoms with Gasteiger partial charge in [-0.3, -0.25) is 9.59 Å². The van der Waals surface area contributed by atoms with E-state index in [1.54, 1.807) is 6.07 Å². The van der Waals surface area contributed by atoms with Crippen LogP contribution in [0, 0.1) is 18.2 Å². The fraction of sp³-hybridized carbons (Fsp3) is 0.350. The van der Waals surface area contributed by atoms with E-state index in [4.69, 9.17) is 11.2 Å². The van der Waals surface area contributed by atoms with E-state index >= 15 is 0 Å². The minimum Gasteiger partial charge on any atom is -0.378 e. The highest BCUT2D eigenvalue weighted by Gasteiger charge is 2.21. The minimum atomic E-state index is -0.480. The summed E-state index contributed by atoms with van der Waals surface area (Å²) in [7, 11) is 0. The zero-order valence-electron chi connectivity index (χ0n) is 14.3. The van der Waals surface area contributed by atoms with E-state index in [1.807, 2.05) is 4.90 Å². The molecule has 0 aromatic heterocycles. The summed E-state index contributed by atoms with van der Waals surface area (Å²) in [6.45, 7) is 2.54. The lowest BCUT2D eigenvalue weighted by molar-refractivity contribution is -0.117. The van der Waals surface area contributed by atoms with Gasteiger partial charge < -0.3 is 9.64 Å². The predicted molar refractivity (Wildman–Crippen MR) is 95.2 cm³/mol. The van der Waals surface area contributed by atoms with Gasteiger partial charge in [-0.1, -0.05) is 12.0 Å². The molecule has 1 fully saturated rings. The molecular weight excluding hydrogens is 335 g/mol. The molecule has 0 atom stereocenters. The molecule has 26 heavy (non-hydrogen) atoms. The Morgan fingerprint density at radius 2 is 2.08 bits per heavy atom. The lowest BCUT2D eigenvalue weighted by Crippen LogP contribution is -2.36. The predicted octanol–water partition coefficient (Wildman–Crippen LogP) is 1.90. The standard InChI is InChI=1S/C20H19FN2O3/c1-2-15-9-14(3-4-19(15)21)10-17(24)11-16-12-18(25)13-20(22-16)23-5-7-26-8-6-23/h1,3-4,9,13H,5-8,10-12H2. The van der Waals surface area contributed by atoms with Crippen LogP contribution in [-0.4, -0.2) is 48.5 Å². The molecule has 2 aliphatic rings. The summed E-state index contributed by atoms with van der Waals surface area (Å²) in [5, 5.41) is 0. The number of rotatable bonds is 5. The van der Waals surface area contributed by atoms with E-state index in [2.05, 4.69) is 10.9 Å². The van der Waals surface area contributed by atoms with Gasteiger partial charge in [0.05, 0.1) is 18.8 Å². The molecule has 3 rings (SSSR count). The van der Waals surface area contributed by atoms with E-state index in [0.717, 1.165) is 0 Å². The number of ketones is 2. The van der Waals surface area contributed by atoms with Crippen molar-refractivity contribution in [3.05, 3.63) is 47.0 Å². The molecule has 1 aromatic rings. The van der Waals surface area contributed by atoms with Gasteiger partial charge in [-0.05, 0) is 17.7 Å². The van der Waals surface area contributed by atoms with Crippen molar-refractivity contribution < 1.29 is 18.7 Å². The van der Waals surface area contributed by atoms with Crippen molar-refractivity contribution in [3.8, 4) is 12.3 Å². The summed E-state index contributed by atoms with van der Waals surface area (Å²) < 4.78 is 18.7. The van der Waals surface area contributed by atoms with Crippen LogP contribution in [0.5, 0.6) is 0 Å². The summed E-state index contributed by atoms with van der Waals surface area (Å²) >= 11 is 0. The topological polar surface area (TPSA) is 59.0 Å². The number of Topliss-reactive ketones (excluding diaryl/α,β-unsaturated/α-hetero) is 1. The third-order valence-corrected chi connectivity index (χ3v) is 4.26. The SMILES string of the molecule is C#Cc1cc(CC(=O)CC2=NC(N3CCOCC3)=CC(=O)C2)ccc1F. The van der Waals surface area contributed by atoms with Gasteiger partial charge in [0.2, 0.25) is 0 Å². The highest BCUT2D eigenvalue weighted by molar-refractivity contribution is 6.14. The number of morpholine rings is 1. The maximum atomic E-state index is 13.4. The van der Waals surface area contributed by atoms with Crippen molar-refractivity contribution in [2.45, 2.75) is 19.3 Å². The number of hydrogen-bond donors (Lipinski definition) is 0. The monoisotopic (exact) mass is 354 g/mol. The lowest BCUT2D eigenvalue weighted by atomic mass is 10.00. The summed E-state index contributed by atoms with van der Waals surface area (Å²) in [5.41, 5.74) is 1.34. The van der Waals surface area contributed by atoms with Crippen LogP contribution in [0.3, 0.4) is 0 Å². The number of benzene rings is 1. The second-order valence-corrected chi connectivity index (χ2v) is 6.27. The van der Waals surface area contributed by atoms with Crippen molar-refractivity contribution in [2.24, 2.45) is 4.99 Å². The Labute approximate surface area is 151 Å². The molecule has 0 spiro atoms. The summed E-state index contributed by atoms with van der Waals surface area (Å²) in [5.74, 6) is 2.24. The van der Waals surface area contributed by atoms with Crippen LogP contribution in [0.15, 0.2) is 35.1 Å². The van der Waals surface area contributed by atoms with Gasteiger partial charge in [0, 0.05) is 44.1 Å². The molecule has 2 heterocycles. The molecule has 6 heteroatoms. The van der Waals surface area contributed by atoms with Gasteiger partial charge in [0.25, 0.3) is 0 Å². The highest BCUT2D eigenvalue weighted by atomic mass is 19.1. The zero-order chi connectivity index (χ0) is 18.5. The normalized spacial score (nSPS) is 17.4. The Kier molecular flexibility index (Phi) is 5.59. The highest BCUT2D eigenvalue weighted by Crippen LogP contribution is 2.17. The first-order valence-electron chi connectivity index (χ1n) is 8.45. The van der Waals surface area contributed by atoms with E-state index in [9.17, 15) is 14.0 Å². The molecule has 134 valence electrons. The number of allylic oxidation sites excluding steroid dienone is 1. The van der Waals surface area contributed by atoms with Crippen LogP contribution >= 0.6 is 0 Å². The van der Waals surface area contributed by atoms with Crippen LogP contribution < -0.4 is 0 Å². The molecule has 0 aliphatic carbocycles. The number of carbonyl (C=O) groups excluding carboxylic acids is 2. The first-order chi connectivity index (χ1) is 12.5. The van der Waals surface area contributed by atoms with Crippen LogP contribution in [0.25, 0.3) is 0 Å². The molecule has 2 aliphatic heterocycles. The van der Waals surface area contributed by atoms with Crippen molar-refractivity contribution in [1.29, 1.82) is 0 Å². The fourth-order valence-corrected chi connectivity index (χ4v) is 3.00.